The number of piperidine rings is 2. The lowest BCUT2D eigenvalue weighted by molar-refractivity contribution is -0.134. The van der Waals surface area contributed by atoms with E-state index in [1.165, 1.54) is 0 Å². The van der Waals surface area contributed by atoms with E-state index in [9.17, 15) is 14.4 Å². The maximum atomic E-state index is 12.3. The summed E-state index contributed by atoms with van der Waals surface area (Å²) >= 11 is 0. The molecule has 1 aromatic rings. The smallest absolute Gasteiger partial charge is 0.410 e. The largest absolute Gasteiger partial charge is 0.444 e. The number of carbonyl (C=O) groups excluding carboxylic acids is 3. The summed E-state index contributed by atoms with van der Waals surface area (Å²) < 4.78 is 5.50. The molecule has 0 saturated carbocycles. The molecule has 4 rings (SSSR count). The zero-order valence-corrected chi connectivity index (χ0v) is 20.6. The minimum Gasteiger partial charge on any atom is -0.444 e. The predicted molar refractivity (Wildman–Crippen MR) is 129 cm³/mol. The van der Waals surface area contributed by atoms with Gasteiger partial charge >= 0.3 is 6.09 Å². The van der Waals surface area contributed by atoms with Crippen LogP contribution in [0.5, 0.6) is 0 Å². The van der Waals surface area contributed by atoms with Gasteiger partial charge in [0.15, 0.2) is 0 Å². The Bertz CT molecular complexity index is 882. The number of anilines is 1. The van der Waals surface area contributed by atoms with Gasteiger partial charge in [0.1, 0.15) is 11.4 Å². The van der Waals surface area contributed by atoms with E-state index >= 15 is 0 Å². The monoisotopic (exact) mass is 471 g/mol. The summed E-state index contributed by atoms with van der Waals surface area (Å²) in [6.07, 6.45) is 4.53. The van der Waals surface area contributed by atoms with Gasteiger partial charge in [-0.1, -0.05) is 6.07 Å². The first-order valence-electron chi connectivity index (χ1n) is 12.4. The molecule has 3 amide bonds. The molecule has 0 aromatic carbocycles. The molecular formula is C25H37N5O4. The van der Waals surface area contributed by atoms with Crippen LogP contribution in [0.3, 0.4) is 0 Å². The van der Waals surface area contributed by atoms with Crippen molar-refractivity contribution in [3.63, 3.8) is 0 Å². The lowest BCUT2D eigenvalue weighted by Crippen LogP contribution is -2.49. The Morgan fingerprint density at radius 3 is 2.35 bits per heavy atom. The number of rotatable bonds is 4. The average Bonchev–Trinajstić information content (AvgIpc) is 2.79. The fourth-order valence-corrected chi connectivity index (χ4v) is 4.95. The summed E-state index contributed by atoms with van der Waals surface area (Å²) in [7, 11) is 0. The fourth-order valence-electron chi connectivity index (χ4n) is 4.95. The molecule has 1 unspecified atom stereocenters. The van der Waals surface area contributed by atoms with Crippen molar-refractivity contribution in [3.05, 3.63) is 23.9 Å². The molecule has 9 heteroatoms. The molecule has 186 valence electrons. The minimum absolute atomic E-state index is 0.197. The molecule has 0 bridgehead atoms. The lowest BCUT2D eigenvalue weighted by Gasteiger charge is -2.39. The molecule has 3 aliphatic heterocycles. The van der Waals surface area contributed by atoms with Crippen LogP contribution in [-0.2, 0) is 14.3 Å². The molecular weight excluding hydrogens is 434 g/mol. The number of amides is 3. The number of nitrogens with one attached hydrogen (secondary N) is 1. The molecule has 0 radical (unpaired) electrons. The van der Waals surface area contributed by atoms with Gasteiger partial charge in [0.05, 0.1) is 5.92 Å². The fraction of sp³-hybridized carbons (Fsp3) is 0.680. The second kappa shape index (κ2) is 10.3. The topological polar surface area (TPSA) is 95.1 Å². The number of nitrogens with zero attached hydrogens (tertiary/aromatic N) is 4. The van der Waals surface area contributed by atoms with E-state index in [2.05, 4.69) is 20.1 Å². The van der Waals surface area contributed by atoms with Crippen LogP contribution in [0.2, 0.25) is 0 Å². The molecule has 3 saturated heterocycles. The average molecular weight is 472 g/mol. The van der Waals surface area contributed by atoms with E-state index < -0.39 is 5.60 Å². The highest BCUT2D eigenvalue weighted by atomic mass is 16.6. The van der Waals surface area contributed by atoms with Crippen LogP contribution in [0.1, 0.15) is 57.9 Å². The summed E-state index contributed by atoms with van der Waals surface area (Å²) in [5.74, 6) is 0.823. The number of likely N-dealkylation sites (tertiary alicyclic amines) is 1. The molecule has 3 fully saturated rings. The number of hydrogen-bond donors (Lipinski definition) is 1. The molecule has 9 nitrogen and oxygen atoms in total. The second-order valence-electron chi connectivity index (χ2n) is 10.7. The first kappa shape index (κ1) is 24.4. The third kappa shape index (κ3) is 6.25. The summed E-state index contributed by atoms with van der Waals surface area (Å²) in [5.41, 5.74) is 0.415. The Morgan fingerprint density at radius 1 is 1.06 bits per heavy atom. The quantitative estimate of drug-likeness (QED) is 0.674. The Balaban J connectivity index is 1.20. The van der Waals surface area contributed by atoms with E-state index in [-0.39, 0.29) is 23.8 Å². The normalized spacial score (nSPS) is 23.1. The van der Waals surface area contributed by atoms with Gasteiger partial charge in [-0.2, -0.15) is 0 Å². The summed E-state index contributed by atoms with van der Waals surface area (Å²) in [5, 5.41) is 2.41. The zero-order chi connectivity index (χ0) is 24.3. The van der Waals surface area contributed by atoms with Gasteiger partial charge in [-0.05, 0) is 57.6 Å². The highest BCUT2D eigenvalue weighted by molar-refractivity contribution is 6.00. The summed E-state index contributed by atoms with van der Waals surface area (Å²) in [4.78, 5) is 47.0. The summed E-state index contributed by atoms with van der Waals surface area (Å²) in [6.45, 7) is 12.1. The van der Waals surface area contributed by atoms with Crippen molar-refractivity contribution in [2.45, 2.75) is 58.0 Å². The highest BCUT2D eigenvalue weighted by Crippen LogP contribution is 2.26. The van der Waals surface area contributed by atoms with Gasteiger partial charge in [-0.3, -0.25) is 19.8 Å². The number of aromatic nitrogens is 1. The van der Waals surface area contributed by atoms with Crippen molar-refractivity contribution in [1.29, 1.82) is 0 Å². The number of ether oxygens (including phenoxy) is 1. The molecule has 0 spiro atoms. The zero-order valence-electron chi connectivity index (χ0n) is 20.6. The first-order chi connectivity index (χ1) is 16.2. The van der Waals surface area contributed by atoms with Gasteiger partial charge in [0, 0.05) is 58.4 Å². The van der Waals surface area contributed by atoms with E-state index in [0.29, 0.717) is 18.8 Å². The van der Waals surface area contributed by atoms with Crippen molar-refractivity contribution in [2.24, 2.45) is 5.92 Å². The van der Waals surface area contributed by atoms with E-state index in [4.69, 9.17) is 4.74 Å². The van der Waals surface area contributed by atoms with Crippen LogP contribution in [0.25, 0.3) is 0 Å². The first-order valence-corrected chi connectivity index (χ1v) is 12.4. The Hall–Kier alpha value is -2.68. The molecule has 34 heavy (non-hydrogen) atoms. The predicted octanol–water partition coefficient (Wildman–Crippen LogP) is 2.37. The Labute approximate surface area is 201 Å². The SMILES string of the molecule is CC(C)(C)OC(=O)N1CCC(CN2CCN(c3ccc(C4CCC(=O)NC4=O)cn3)CC2)CC1. The third-order valence-electron chi connectivity index (χ3n) is 6.89. The highest BCUT2D eigenvalue weighted by Gasteiger charge is 2.30. The molecule has 4 heterocycles. The number of carbonyl (C=O) groups is 3. The van der Waals surface area contributed by atoms with E-state index in [0.717, 1.165) is 70.0 Å². The maximum Gasteiger partial charge on any atom is 0.410 e. The van der Waals surface area contributed by atoms with Crippen LogP contribution in [0, 0.1) is 5.92 Å². The number of pyridine rings is 1. The van der Waals surface area contributed by atoms with Crippen LogP contribution >= 0.6 is 0 Å². The van der Waals surface area contributed by atoms with Gasteiger partial charge in [-0.25, -0.2) is 9.78 Å². The van der Waals surface area contributed by atoms with Gasteiger partial charge in [-0.15, -0.1) is 0 Å². The van der Waals surface area contributed by atoms with Crippen LogP contribution in [0.15, 0.2) is 18.3 Å². The van der Waals surface area contributed by atoms with Crippen molar-refractivity contribution >= 4 is 23.7 Å². The number of hydrogen-bond acceptors (Lipinski definition) is 7. The van der Waals surface area contributed by atoms with Crippen LogP contribution in [-0.4, -0.2) is 84.1 Å². The number of piperazine rings is 1. The van der Waals surface area contributed by atoms with Gasteiger partial charge < -0.3 is 14.5 Å². The number of imide groups is 1. The van der Waals surface area contributed by atoms with Crippen LogP contribution < -0.4 is 10.2 Å². The second-order valence-corrected chi connectivity index (χ2v) is 10.7. The Kier molecular flexibility index (Phi) is 7.40. The Morgan fingerprint density at radius 2 is 1.76 bits per heavy atom. The standard InChI is InChI=1S/C25H37N5O4/c1-25(2,3)34-24(33)30-10-8-18(9-11-30)17-28-12-14-29(15-13-28)21-6-4-19(16-26-21)20-5-7-22(31)27-23(20)32/h4,6,16,18,20H,5,7-15,17H2,1-3H3,(H,27,31,32). The minimum atomic E-state index is -0.451. The molecule has 0 aliphatic carbocycles. The van der Waals surface area contributed by atoms with Crippen molar-refractivity contribution < 1.29 is 19.1 Å². The molecule has 3 aliphatic rings. The van der Waals surface area contributed by atoms with Gasteiger partial charge in [0.2, 0.25) is 11.8 Å². The van der Waals surface area contributed by atoms with Gasteiger partial charge in [0.25, 0.3) is 0 Å². The molecule has 1 N–H and O–H groups in total. The van der Waals surface area contributed by atoms with Crippen LogP contribution in [0.4, 0.5) is 10.6 Å². The van der Waals surface area contributed by atoms with E-state index in [1.807, 2.05) is 37.8 Å². The van der Waals surface area contributed by atoms with Crippen molar-refractivity contribution in [3.8, 4) is 0 Å². The van der Waals surface area contributed by atoms with Crippen molar-refractivity contribution in [1.82, 2.24) is 20.1 Å². The van der Waals surface area contributed by atoms with E-state index in [1.54, 1.807) is 6.20 Å². The molecule has 1 atom stereocenters. The lowest BCUT2D eigenvalue weighted by atomic mass is 9.92. The molecule has 1 aromatic heterocycles. The third-order valence-corrected chi connectivity index (χ3v) is 6.89. The summed E-state index contributed by atoms with van der Waals surface area (Å²) in [6, 6.07) is 3.95. The van der Waals surface area contributed by atoms with Crippen molar-refractivity contribution in [2.75, 3.05) is 50.7 Å². The maximum absolute atomic E-state index is 12.3.